The highest BCUT2D eigenvalue weighted by atomic mass is 16.3. The van der Waals surface area contributed by atoms with Crippen molar-refractivity contribution in [2.75, 3.05) is 19.6 Å². The van der Waals surface area contributed by atoms with Crippen molar-refractivity contribution in [3.8, 4) is 0 Å². The Balaban J connectivity index is 1.74. The summed E-state index contributed by atoms with van der Waals surface area (Å²) in [4.78, 5) is 2.54. The molecule has 1 saturated heterocycles. The third-order valence-corrected chi connectivity index (χ3v) is 4.38. The Morgan fingerprint density at radius 2 is 1.82 bits per heavy atom. The molecule has 2 unspecified atom stereocenters. The van der Waals surface area contributed by atoms with E-state index in [1.807, 2.05) is 0 Å². The van der Waals surface area contributed by atoms with Crippen molar-refractivity contribution in [1.29, 1.82) is 0 Å². The van der Waals surface area contributed by atoms with E-state index in [-0.39, 0.29) is 6.10 Å². The summed E-state index contributed by atoms with van der Waals surface area (Å²) in [6, 6.07) is 1.17. The molecule has 0 spiro atoms. The number of aliphatic hydroxyl groups excluding tert-OH is 1. The molecule has 0 aromatic heterocycles. The molecule has 3 nitrogen and oxygen atoms in total. The fraction of sp³-hybridized carbons (Fsp3) is 1.00. The molecule has 2 N–H and O–H groups in total. The molecule has 0 aromatic carbocycles. The van der Waals surface area contributed by atoms with Gasteiger partial charge in [0.05, 0.1) is 6.10 Å². The summed E-state index contributed by atoms with van der Waals surface area (Å²) < 4.78 is 0. The summed E-state index contributed by atoms with van der Waals surface area (Å²) in [5, 5.41) is 13.7. The number of hydrogen-bond donors (Lipinski definition) is 2. The van der Waals surface area contributed by atoms with Gasteiger partial charge in [0.15, 0.2) is 0 Å². The molecule has 2 atom stereocenters. The first-order valence-electron chi connectivity index (χ1n) is 7.46. The van der Waals surface area contributed by atoms with E-state index in [4.69, 9.17) is 0 Å². The first kappa shape index (κ1) is 13.3. The van der Waals surface area contributed by atoms with Gasteiger partial charge in [-0.3, -0.25) is 4.90 Å². The lowest BCUT2D eigenvalue weighted by atomic mass is 9.89. The van der Waals surface area contributed by atoms with Gasteiger partial charge < -0.3 is 10.4 Å². The maximum Gasteiger partial charge on any atom is 0.0695 e. The molecule has 1 heterocycles. The molecule has 3 heteroatoms. The second kappa shape index (κ2) is 6.72. The van der Waals surface area contributed by atoms with Gasteiger partial charge in [0.2, 0.25) is 0 Å². The number of piperidine rings is 1. The number of nitrogens with zero attached hydrogens (tertiary/aromatic N) is 1. The number of likely N-dealkylation sites (tertiary alicyclic amines) is 1. The quantitative estimate of drug-likeness (QED) is 0.786. The van der Waals surface area contributed by atoms with E-state index in [1.54, 1.807) is 0 Å². The van der Waals surface area contributed by atoms with Gasteiger partial charge in [-0.05, 0) is 38.6 Å². The fourth-order valence-electron chi connectivity index (χ4n) is 3.30. The highest BCUT2D eigenvalue weighted by Gasteiger charge is 2.31. The van der Waals surface area contributed by atoms with E-state index < -0.39 is 0 Å². The van der Waals surface area contributed by atoms with Crippen LogP contribution in [0.25, 0.3) is 0 Å². The van der Waals surface area contributed by atoms with Crippen LogP contribution in [-0.4, -0.2) is 47.8 Å². The minimum atomic E-state index is -0.0658. The molecule has 17 heavy (non-hydrogen) atoms. The molecule has 0 radical (unpaired) electrons. The SMILES string of the molecule is CCCNC1CCN(C2CCCCC2O)CC1. The van der Waals surface area contributed by atoms with Gasteiger partial charge in [0.1, 0.15) is 0 Å². The molecule has 100 valence electrons. The summed E-state index contributed by atoms with van der Waals surface area (Å²) in [5.41, 5.74) is 0. The Morgan fingerprint density at radius 1 is 1.12 bits per heavy atom. The number of rotatable bonds is 4. The zero-order valence-electron chi connectivity index (χ0n) is 11.2. The van der Waals surface area contributed by atoms with Crippen LogP contribution in [0.2, 0.25) is 0 Å². The number of aliphatic hydroxyl groups is 1. The lowest BCUT2D eigenvalue weighted by Gasteiger charge is -2.41. The van der Waals surface area contributed by atoms with E-state index in [2.05, 4.69) is 17.1 Å². The fourth-order valence-corrected chi connectivity index (χ4v) is 3.30. The normalized spacial score (nSPS) is 32.8. The topological polar surface area (TPSA) is 35.5 Å². The van der Waals surface area contributed by atoms with E-state index in [9.17, 15) is 5.11 Å². The third kappa shape index (κ3) is 3.67. The van der Waals surface area contributed by atoms with Crippen LogP contribution in [0.1, 0.15) is 51.9 Å². The third-order valence-electron chi connectivity index (χ3n) is 4.38. The Kier molecular flexibility index (Phi) is 5.26. The van der Waals surface area contributed by atoms with Crippen LogP contribution in [0.3, 0.4) is 0 Å². The Hall–Kier alpha value is -0.120. The van der Waals surface area contributed by atoms with Crippen LogP contribution in [0.15, 0.2) is 0 Å². The molecule has 0 aromatic rings. The summed E-state index contributed by atoms with van der Waals surface area (Å²) >= 11 is 0. The lowest BCUT2D eigenvalue weighted by molar-refractivity contribution is 0.00725. The van der Waals surface area contributed by atoms with E-state index >= 15 is 0 Å². The molecular weight excluding hydrogens is 212 g/mol. The molecule has 2 aliphatic rings. The van der Waals surface area contributed by atoms with Gasteiger partial charge in [0.25, 0.3) is 0 Å². The van der Waals surface area contributed by atoms with Crippen LogP contribution in [0.5, 0.6) is 0 Å². The van der Waals surface area contributed by atoms with Gasteiger partial charge in [0, 0.05) is 25.2 Å². The van der Waals surface area contributed by atoms with E-state index in [0.29, 0.717) is 12.1 Å². The number of hydrogen-bond acceptors (Lipinski definition) is 3. The minimum absolute atomic E-state index is 0.0658. The number of nitrogens with one attached hydrogen (secondary N) is 1. The largest absolute Gasteiger partial charge is 0.391 e. The van der Waals surface area contributed by atoms with Crippen molar-refractivity contribution < 1.29 is 5.11 Å². The van der Waals surface area contributed by atoms with Crippen molar-refractivity contribution in [2.45, 2.75) is 70.1 Å². The zero-order chi connectivity index (χ0) is 12.1. The molecular formula is C14H28N2O. The Bertz CT molecular complexity index is 214. The van der Waals surface area contributed by atoms with Crippen molar-refractivity contribution in [3.05, 3.63) is 0 Å². The van der Waals surface area contributed by atoms with Crippen LogP contribution < -0.4 is 5.32 Å². The van der Waals surface area contributed by atoms with Crippen LogP contribution >= 0.6 is 0 Å². The maximum atomic E-state index is 10.1. The zero-order valence-corrected chi connectivity index (χ0v) is 11.2. The highest BCUT2D eigenvalue weighted by Crippen LogP contribution is 2.25. The second-order valence-electron chi connectivity index (χ2n) is 5.68. The summed E-state index contributed by atoms with van der Waals surface area (Å²) in [5.74, 6) is 0. The van der Waals surface area contributed by atoms with Gasteiger partial charge in [-0.2, -0.15) is 0 Å². The average Bonchev–Trinajstić information content (AvgIpc) is 2.38. The first-order valence-corrected chi connectivity index (χ1v) is 7.46. The van der Waals surface area contributed by atoms with Gasteiger partial charge >= 0.3 is 0 Å². The van der Waals surface area contributed by atoms with E-state index in [0.717, 1.165) is 13.0 Å². The monoisotopic (exact) mass is 240 g/mol. The van der Waals surface area contributed by atoms with Crippen LogP contribution in [-0.2, 0) is 0 Å². The standard InChI is InChI=1S/C14H28N2O/c1-2-9-15-12-7-10-16(11-8-12)13-5-3-4-6-14(13)17/h12-15,17H,2-11H2,1H3. The summed E-state index contributed by atoms with van der Waals surface area (Å²) in [6.45, 7) is 5.71. The van der Waals surface area contributed by atoms with Crippen LogP contribution in [0, 0.1) is 0 Å². The highest BCUT2D eigenvalue weighted by molar-refractivity contribution is 4.87. The van der Waals surface area contributed by atoms with Crippen molar-refractivity contribution in [1.82, 2.24) is 10.2 Å². The van der Waals surface area contributed by atoms with Gasteiger partial charge in [-0.25, -0.2) is 0 Å². The van der Waals surface area contributed by atoms with Crippen molar-refractivity contribution in [3.63, 3.8) is 0 Å². The molecule has 2 fully saturated rings. The lowest BCUT2D eigenvalue weighted by Crippen LogP contribution is -2.51. The average molecular weight is 240 g/mol. The Morgan fingerprint density at radius 3 is 2.47 bits per heavy atom. The van der Waals surface area contributed by atoms with Crippen molar-refractivity contribution in [2.24, 2.45) is 0 Å². The molecule has 1 aliphatic carbocycles. The predicted octanol–water partition coefficient (Wildman–Crippen LogP) is 1.75. The Labute approximate surface area is 106 Å². The van der Waals surface area contributed by atoms with Gasteiger partial charge in [-0.15, -0.1) is 0 Å². The molecule has 1 saturated carbocycles. The van der Waals surface area contributed by atoms with Crippen molar-refractivity contribution >= 4 is 0 Å². The molecule has 2 rings (SSSR count). The van der Waals surface area contributed by atoms with Crippen LogP contribution in [0.4, 0.5) is 0 Å². The van der Waals surface area contributed by atoms with E-state index in [1.165, 1.54) is 51.6 Å². The molecule has 0 amide bonds. The maximum absolute atomic E-state index is 10.1. The molecule has 0 bridgehead atoms. The predicted molar refractivity (Wildman–Crippen MR) is 71.2 cm³/mol. The minimum Gasteiger partial charge on any atom is -0.391 e. The summed E-state index contributed by atoms with van der Waals surface area (Å²) in [7, 11) is 0. The smallest absolute Gasteiger partial charge is 0.0695 e. The van der Waals surface area contributed by atoms with Gasteiger partial charge in [-0.1, -0.05) is 19.8 Å². The first-order chi connectivity index (χ1) is 8.31. The molecule has 1 aliphatic heterocycles. The summed E-state index contributed by atoms with van der Waals surface area (Å²) in [6.07, 6.45) is 8.40. The second-order valence-corrected chi connectivity index (χ2v) is 5.68.